The van der Waals surface area contributed by atoms with Crippen molar-refractivity contribution < 1.29 is 18.1 Å². The Labute approximate surface area is 154 Å². The van der Waals surface area contributed by atoms with Gasteiger partial charge in [-0.15, -0.1) is 0 Å². The minimum Gasteiger partial charge on any atom is -0.496 e. The second-order valence-electron chi connectivity index (χ2n) is 5.14. The van der Waals surface area contributed by atoms with Crippen molar-refractivity contribution in [2.45, 2.75) is 18.7 Å². The van der Waals surface area contributed by atoms with Crippen LogP contribution in [0.2, 0.25) is 0 Å². The molecule has 0 N–H and O–H groups in total. The number of nitrogens with zero attached hydrogens (tertiary/aromatic N) is 2. The van der Waals surface area contributed by atoms with E-state index in [0.717, 1.165) is 4.31 Å². The lowest BCUT2D eigenvalue weighted by Gasteiger charge is -2.24. The molecular formula is C16H17BrN2O5S. The molecule has 2 rings (SSSR count). The number of nitro groups is 1. The molecule has 9 heteroatoms. The predicted octanol–water partition coefficient (Wildman–Crippen LogP) is 3.89. The second kappa shape index (κ2) is 7.40. The summed E-state index contributed by atoms with van der Waals surface area (Å²) in [7, 11) is -2.41. The van der Waals surface area contributed by atoms with Crippen LogP contribution in [0.5, 0.6) is 5.75 Å². The number of sulfonamides is 1. The molecule has 2 aromatic carbocycles. The molecule has 0 unspecified atom stereocenters. The van der Waals surface area contributed by atoms with E-state index in [2.05, 4.69) is 15.9 Å². The van der Waals surface area contributed by atoms with Crippen molar-refractivity contribution in [1.82, 2.24) is 0 Å². The second-order valence-corrected chi connectivity index (χ2v) is 7.86. The molecule has 25 heavy (non-hydrogen) atoms. The van der Waals surface area contributed by atoms with E-state index in [-0.39, 0.29) is 22.8 Å². The standard InChI is InChI=1S/C16H17BrN2O5S/c1-4-18(14-6-5-7-15(11(14)2)19(20)21)25(22,23)12-8-9-16(24-3)13(17)10-12/h5-10H,4H2,1-3H3. The van der Waals surface area contributed by atoms with Crippen molar-refractivity contribution in [3.63, 3.8) is 0 Å². The molecule has 0 bridgehead atoms. The van der Waals surface area contributed by atoms with Gasteiger partial charge in [0.2, 0.25) is 0 Å². The minimum absolute atomic E-state index is 0.0629. The van der Waals surface area contributed by atoms with Gasteiger partial charge in [0.25, 0.3) is 15.7 Å². The fourth-order valence-corrected chi connectivity index (χ4v) is 4.73. The molecule has 0 aliphatic carbocycles. The third kappa shape index (κ3) is 3.62. The van der Waals surface area contributed by atoms with E-state index in [9.17, 15) is 18.5 Å². The van der Waals surface area contributed by atoms with E-state index in [1.807, 2.05) is 0 Å². The fourth-order valence-electron chi connectivity index (χ4n) is 2.48. The van der Waals surface area contributed by atoms with Gasteiger partial charge in [0, 0.05) is 12.6 Å². The molecule has 0 fully saturated rings. The van der Waals surface area contributed by atoms with Crippen LogP contribution in [-0.4, -0.2) is 27.0 Å². The molecule has 7 nitrogen and oxygen atoms in total. The molecule has 0 saturated carbocycles. The molecule has 0 atom stereocenters. The number of anilines is 1. The van der Waals surface area contributed by atoms with Crippen LogP contribution in [0.3, 0.4) is 0 Å². The predicted molar refractivity (Wildman–Crippen MR) is 98.7 cm³/mol. The Hall–Kier alpha value is -2.13. The Kier molecular flexibility index (Phi) is 5.69. The molecule has 0 heterocycles. The minimum atomic E-state index is -3.89. The van der Waals surface area contributed by atoms with Gasteiger partial charge in [-0.1, -0.05) is 6.07 Å². The Morgan fingerprint density at radius 2 is 1.96 bits per heavy atom. The molecule has 2 aromatic rings. The number of nitro benzene ring substituents is 1. The smallest absolute Gasteiger partial charge is 0.274 e. The first-order chi connectivity index (χ1) is 11.7. The van der Waals surface area contributed by atoms with E-state index in [4.69, 9.17) is 4.74 Å². The van der Waals surface area contributed by atoms with Crippen molar-refractivity contribution in [1.29, 1.82) is 0 Å². The maximum Gasteiger partial charge on any atom is 0.274 e. The van der Waals surface area contributed by atoms with Gasteiger partial charge in [0.05, 0.1) is 32.7 Å². The number of hydrogen-bond acceptors (Lipinski definition) is 5. The van der Waals surface area contributed by atoms with E-state index in [1.165, 1.54) is 38.3 Å². The zero-order valence-electron chi connectivity index (χ0n) is 13.9. The van der Waals surface area contributed by atoms with Crippen LogP contribution in [0.15, 0.2) is 45.8 Å². The zero-order valence-corrected chi connectivity index (χ0v) is 16.3. The Morgan fingerprint density at radius 1 is 1.28 bits per heavy atom. The maximum atomic E-state index is 13.0. The molecule has 0 aliphatic heterocycles. The summed E-state index contributed by atoms with van der Waals surface area (Å²) in [6, 6.07) is 8.82. The van der Waals surface area contributed by atoms with Crippen LogP contribution in [0, 0.1) is 17.0 Å². The van der Waals surface area contributed by atoms with E-state index in [1.54, 1.807) is 19.1 Å². The molecule has 0 spiro atoms. The Morgan fingerprint density at radius 3 is 2.48 bits per heavy atom. The molecule has 0 amide bonds. The summed E-state index contributed by atoms with van der Waals surface area (Å²) < 4.78 is 32.9. The summed E-state index contributed by atoms with van der Waals surface area (Å²) in [6.45, 7) is 3.35. The van der Waals surface area contributed by atoms with Crippen LogP contribution in [0.25, 0.3) is 0 Å². The lowest BCUT2D eigenvalue weighted by Crippen LogP contribution is -2.31. The van der Waals surface area contributed by atoms with Crippen LogP contribution in [0.4, 0.5) is 11.4 Å². The Bertz CT molecular complexity index is 915. The highest BCUT2D eigenvalue weighted by Gasteiger charge is 2.27. The lowest BCUT2D eigenvalue weighted by molar-refractivity contribution is -0.385. The average molecular weight is 429 g/mol. The van der Waals surface area contributed by atoms with Crippen LogP contribution in [-0.2, 0) is 10.0 Å². The first kappa shape index (κ1) is 19.2. The largest absolute Gasteiger partial charge is 0.496 e. The van der Waals surface area contributed by atoms with Gasteiger partial charge in [0.1, 0.15) is 5.75 Å². The van der Waals surface area contributed by atoms with Gasteiger partial charge >= 0.3 is 0 Å². The summed E-state index contributed by atoms with van der Waals surface area (Å²) in [5.41, 5.74) is 0.455. The number of hydrogen-bond donors (Lipinski definition) is 0. The summed E-state index contributed by atoms with van der Waals surface area (Å²) in [6.07, 6.45) is 0. The summed E-state index contributed by atoms with van der Waals surface area (Å²) >= 11 is 3.27. The van der Waals surface area contributed by atoms with Crippen LogP contribution < -0.4 is 9.04 Å². The highest BCUT2D eigenvalue weighted by molar-refractivity contribution is 9.10. The van der Waals surface area contributed by atoms with E-state index >= 15 is 0 Å². The third-order valence-electron chi connectivity index (χ3n) is 3.74. The Balaban J connectivity index is 2.59. The van der Waals surface area contributed by atoms with E-state index < -0.39 is 14.9 Å². The summed E-state index contributed by atoms with van der Waals surface area (Å²) in [4.78, 5) is 10.7. The number of halogens is 1. The number of methoxy groups -OCH3 is 1. The first-order valence-corrected chi connectivity index (χ1v) is 9.57. The van der Waals surface area contributed by atoms with Crippen molar-refractivity contribution in [3.8, 4) is 5.75 Å². The normalized spacial score (nSPS) is 11.2. The molecule has 0 aliphatic rings. The van der Waals surface area contributed by atoms with Gasteiger partial charge in [-0.2, -0.15) is 0 Å². The topological polar surface area (TPSA) is 89.8 Å². The van der Waals surface area contributed by atoms with Crippen molar-refractivity contribution in [3.05, 3.63) is 56.5 Å². The van der Waals surface area contributed by atoms with Gasteiger partial charge in [-0.05, 0) is 54.0 Å². The number of ether oxygens (including phenoxy) is 1. The highest BCUT2D eigenvalue weighted by atomic mass is 79.9. The quantitative estimate of drug-likeness (QED) is 0.514. The molecular weight excluding hydrogens is 412 g/mol. The fraction of sp³-hybridized carbons (Fsp3) is 0.250. The lowest BCUT2D eigenvalue weighted by atomic mass is 10.1. The molecule has 0 radical (unpaired) electrons. The van der Waals surface area contributed by atoms with Crippen molar-refractivity contribution in [2.75, 3.05) is 18.0 Å². The van der Waals surface area contributed by atoms with Gasteiger partial charge in [0.15, 0.2) is 0 Å². The van der Waals surface area contributed by atoms with Gasteiger partial charge in [-0.25, -0.2) is 8.42 Å². The SMILES string of the molecule is CCN(c1cccc([N+](=O)[O-])c1C)S(=O)(=O)c1ccc(OC)c(Br)c1. The molecule has 134 valence electrons. The molecule has 0 saturated heterocycles. The van der Waals surface area contributed by atoms with Crippen LogP contribution >= 0.6 is 15.9 Å². The van der Waals surface area contributed by atoms with Gasteiger partial charge < -0.3 is 4.74 Å². The zero-order chi connectivity index (χ0) is 18.8. The first-order valence-electron chi connectivity index (χ1n) is 7.34. The van der Waals surface area contributed by atoms with Crippen LogP contribution in [0.1, 0.15) is 12.5 Å². The van der Waals surface area contributed by atoms with Gasteiger partial charge in [-0.3, -0.25) is 14.4 Å². The average Bonchev–Trinajstić information content (AvgIpc) is 2.56. The third-order valence-corrected chi connectivity index (χ3v) is 6.25. The monoisotopic (exact) mass is 428 g/mol. The highest BCUT2D eigenvalue weighted by Crippen LogP contribution is 2.34. The van der Waals surface area contributed by atoms with Crippen molar-refractivity contribution in [2.24, 2.45) is 0 Å². The summed E-state index contributed by atoms with van der Waals surface area (Å²) in [5.74, 6) is 0.508. The summed E-state index contributed by atoms with van der Waals surface area (Å²) in [5, 5.41) is 11.1. The number of rotatable bonds is 6. The maximum absolute atomic E-state index is 13.0. The van der Waals surface area contributed by atoms with E-state index in [0.29, 0.717) is 15.8 Å². The van der Waals surface area contributed by atoms with Crippen molar-refractivity contribution >= 4 is 37.3 Å². The number of benzene rings is 2. The molecule has 0 aromatic heterocycles.